The Morgan fingerprint density at radius 3 is 2.68 bits per heavy atom. The molecule has 4 heterocycles. The molecule has 0 saturated heterocycles. The number of aryl methyl sites for hydroxylation is 1. The number of carbonyl (C=O) groups excluding carboxylic acids is 2. The normalized spacial score (nSPS) is 17.5. The van der Waals surface area contributed by atoms with Gasteiger partial charge in [0.05, 0.1) is 23.7 Å². The zero-order valence-electron chi connectivity index (χ0n) is 19.1. The SMILES string of the molecule is Cc1ccc(CNC(=O)C2(C)Cn3nc(-c4cccs4)cc3C(=O)N2Cc2ccccn2)cc1. The van der Waals surface area contributed by atoms with Gasteiger partial charge in [-0.3, -0.25) is 19.3 Å². The number of amides is 2. The average Bonchev–Trinajstić information content (AvgIpc) is 3.52. The van der Waals surface area contributed by atoms with Crippen LogP contribution in [-0.4, -0.2) is 37.0 Å². The van der Waals surface area contributed by atoms with E-state index < -0.39 is 5.54 Å². The zero-order valence-corrected chi connectivity index (χ0v) is 19.9. The fourth-order valence-corrected chi connectivity index (χ4v) is 4.85. The van der Waals surface area contributed by atoms with Crippen LogP contribution in [0.25, 0.3) is 10.6 Å². The lowest BCUT2D eigenvalue weighted by atomic mass is 9.94. The van der Waals surface area contributed by atoms with Crippen LogP contribution >= 0.6 is 11.3 Å². The maximum Gasteiger partial charge on any atom is 0.273 e. The zero-order chi connectivity index (χ0) is 23.7. The molecule has 34 heavy (non-hydrogen) atoms. The summed E-state index contributed by atoms with van der Waals surface area (Å²) < 4.78 is 1.66. The Kier molecular flexibility index (Phi) is 5.75. The fraction of sp³-hybridized carbons (Fsp3) is 0.231. The van der Waals surface area contributed by atoms with Gasteiger partial charge < -0.3 is 10.2 Å². The van der Waals surface area contributed by atoms with Crippen LogP contribution in [0.4, 0.5) is 0 Å². The summed E-state index contributed by atoms with van der Waals surface area (Å²) in [6, 6.07) is 19.3. The number of fused-ring (bicyclic) bond motifs is 1. The van der Waals surface area contributed by atoms with E-state index in [1.807, 2.05) is 73.0 Å². The van der Waals surface area contributed by atoms with Crippen LogP contribution in [0.2, 0.25) is 0 Å². The third kappa shape index (κ3) is 4.12. The number of pyridine rings is 1. The molecule has 1 aromatic carbocycles. The molecule has 3 aromatic heterocycles. The van der Waals surface area contributed by atoms with Gasteiger partial charge in [-0.1, -0.05) is 42.0 Å². The highest BCUT2D eigenvalue weighted by atomic mass is 32.1. The first kappa shape index (κ1) is 22.0. The van der Waals surface area contributed by atoms with Crippen molar-refractivity contribution >= 4 is 23.2 Å². The topological polar surface area (TPSA) is 80.1 Å². The molecule has 0 bridgehead atoms. The minimum absolute atomic E-state index is 0.226. The second-order valence-corrected chi connectivity index (χ2v) is 9.65. The summed E-state index contributed by atoms with van der Waals surface area (Å²) in [7, 11) is 0. The molecule has 0 radical (unpaired) electrons. The van der Waals surface area contributed by atoms with E-state index in [4.69, 9.17) is 0 Å². The van der Waals surface area contributed by atoms with Gasteiger partial charge in [0.15, 0.2) is 0 Å². The van der Waals surface area contributed by atoms with E-state index >= 15 is 0 Å². The van der Waals surface area contributed by atoms with Crippen molar-refractivity contribution in [3.63, 3.8) is 0 Å². The third-order valence-corrected chi connectivity index (χ3v) is 7.07. The molecule has 1 aliphatic heterocycles. The molecule has 5 rings (SSSR count). The van der Waals surface area contributed by atoms with E-state index in [1.54, 1.807) is 34.0 Å². The smallest absolute Gasteiger partial charge is 0.273 e. The number of carbonyl (C=O) groups is 2. The molecule has 4 aromatic rings. The lowest BCUT2D eigenvalue weighted by Gasteiger charge is -2.43. The maximum atomic E-state index is 13.7. The first-order chi connectivity index (χ1) is 16.4. The van der Waals surface area contributed by atoms with Gasteiger partial charge in [-0.2, -0.15) is 5.10 Å². The monoisotopic (exact) mass is 471 g/mol. The Morgan fingerprint density at radius 2 is 1.97 bits per heavy atom. The highest BCUT2D eigenvalue weighted by Gasteiger charge is 2.48. The molecule has 0 aliphatic carbocycles. The van der Waals surface area contributed by atoms with Gasteiger partial charge in [0.25, 0.3) is 5.91 Å². The predicted octanol–water partition coefficient (Wildman–Crippen LogP) is 4.05. The number of hydrogen-bond acceptors (Lipinski definition) is 5. The van der Waals surface area contributed by atoms with E-state index in [-0.39, 0.29) is 24.9 Å². The number of rotatable bonds is 6. The summed E-state index contributed by atoms with van der Waals surface area (Å²) in [4.78, 5) is 34.3. The second kappa shape index (κ2) is 8.87. The van der Waals surface area contributed by atoms with Gasteiger partial charge in [-0.15, -0.1) is 11.3 Å². The predicted molar refractivity (Wildman–Crippen MR) is 131 cm³/mol. The summed E-state index contributed by atoms with van der Waals surface area (Å²) in [5, 5.41) is 9.69. The summed E-state index contributed by atoms with van der Waals surface area (Å²) >= 11 is 1.57. The van der Waals surface area contributed by atoms with Crippen LogP contribution in [0.15, 0.2) is 72.2 Å². The molecule has 0 fully saturated rings. The largest absolute Gasteiger partial charge is 0.350 e. The van der Waals surface area contributed by atoms with E-state index in [2.05, 4.69) is 15.4 Å². The minimum Gasteiger partial charge on any atom is -0.350 e. The lowest BCUT2D eigenvalue weighted by molar-refractivity contribution is -0.133. The summed E-state index contributed by atoms with van der Waals surface area (Å²) in [6.07, 6.45) is 1.69. The van der Waals surface area contributed by atoms with Crippen molar-refractivity contribution in [2.45, 2.75) is 39.0 Å². The van der Waals surface area contributed by atoms with Gasteiger partial charge >= 0.3 is 0 Å². The summed E-state index contributed by atoms with van der Waals surface area (Å²) in [6.45, 7) is 4.69. The average molecular weight is 472 g/mol. The van der Waals surface area contributed by atoms with Crippen LogP contribution in [-0.2, 0) is 24.4 Å². The van der Waals surface area contributed by atoms with Crippen molar-refractivity contribution in [3.8, 4) is 10.6 Å². The van der Waals surface area contributed by atoms with Crippen molar-refractivity contribution in [2.75, 3.05) is 0 Å². The Hall–Kier alpha value is -3.78. The highest BCUT2D eigenvalue weighted by molar-refractivity contribution is 7.13. The summed E-state index contributed by atoms with van der Waals surface area (Å²) in [5.41, 5.74) is 2.96. The Balaban J connectivity index is 1.47. The van der Waals surface area contributed by atoms with Gasteiger partial charge in [0.1, 0.15) is 16.9 Å². The molecule has 1 unspecified atom stereocenters. The molecule has 1 N–H and O–H groups in total. The molecule has 0 spiro atoms. The Morgan fingerprint density at radius 1 is 1.15 bits per heavy atom. The van der Waals surface area contributed by atoms with Crippen molar-refractivity contribution < 1.29 is 9.59 Å². The minimum atomic E-state index is -1.13. The number of thiophene rings is 1. The van der Waals surface area contributed by atoms with Crippen molar-refractivity contribution in [2.24, 2.45) is 0 Å². The molecule has 2 amide bonds. The number of hydrogen-bond donors (Lipinski definition) is 1. The lowest BCUT2D eigenvalue weighted by Crippen LogP contribution is -2.63. The van der Waals surface area contributed by atoms with E-state index in [0.29, 0.717) is 12.2 Å². The van der Waals surface area contributed by atoms with Gasteiger partial charge in [0.2, 0.25) is 5.91 Å². The van der Waals surface area contributed by atoms with Crippen molar-refractivity contribution in [3.05, 3.63) is 94.8 Å². The van der Waals surface area contributed by atoms with E-state index in [0.717, 1.165) is 27.4 Å². The first-order valence-corrected chi connectivity index (χ1v) is 12.0. The molecule has 0 saturated carbocycles. The van der Waals surface area contributed by atoms with Crippen LogP contribution in [0.3, 0.4) is 0 Å². The van der Waals surface area contributed by atoms with E-state index in [9.17, 15) is 9.59 Å². The molecule has 8 heteroatoms. The third-order valence-electron chi connectivity index (χ3n) is 6.18. The first-order valence-electron chi connectivity index (χ1n) is 11.1. The van der Waals surface area contributed by atoms with Crippen LogP contribution in [0.1, 0.15) is 34.2 Å². The quantitative estimate of drug-likeness (QED) is 0.460. The number of nitrogens with zero attached hydrogens (tertiary/aromatic N) is 4. The van der Waals surface area contributed by atoms with E-state index in [1.165, 1.54) is 0 Å². The standard InChI is InChI=1S/C26H25N5O2S/c1-18-8-10-19(11-9-18)15-28-25(33)26(2)17-31-22(14-21(29-31)23-7-5-13-34-23)24(32)30(26)16-20-6-3-4-12-27-20/h3-14H,15-17H2,1-2H3,(H,28,33). The van der Waals surface area contributed by atoms with Crippen LogP contribution in [0, 0.1) is 6.92 Å². The molecule has 1 atom stereocenters. The van der Waals surface area contributed by atoms with Crippen LogP contribution in [0.5, 0.6) is 0 Å². The molecular formula is C26H25N5O2S. The molecule has 7 nitrogen and oxygen atoms in total. The fourth-order valence-electron chi connectivity index (χ4n) is 4.17. The molecular weight excluding hydrogens is 446 g/mol. The van der Waals surface area contributed by atoms with Crippen molar-refractivity contribution in [1.82, 2.24) is 25.0 Å². The maximum absolute atomic E-state index is 13.7. The van der Waals surface area contributed by atoms with Crippen LogP contribution < -0.4 is 5.32 Å². The van der Waals surface area contributed by atoms with Gasteiger partial charge in [-0.25, -0.2) is 0 Å². The number of benzene rings is 1. The molecule has 1 aliphatic rings. The number of aromatic nitrogens is 3. The van der Waals surface area contributed by atoms with Crippen molar-refractivity contribution in [1.29, 1.82) is 0 Å². The molecule has 172 valence electrons. The second-order valence-electron chi connectivity index (χ2n) is 8.70. The van der Waals surface area contributed by atoms with Gasteiger partial charge in [-0.05, 0) is 49.1 Å². The number of nitrogens with one attached hydrogen (secondary N) is 1. The Bertz CT molecular complexity index is 1320. The summed E-state index contributed by atoms with van der Waals surface area (Å²) in [5.74, 6) is -0.462. The van der Waals surface area contributed by atoms with Gasteiger partial charge in [0, 0.05) is 12.7 Å². The highest BCUT2D eigenvalue weighted by Crippen LogP contribution is 2.32. The Labute approximate surface area is 202 Å².